The molecule has 2 atom stereocenters. The van der Waals surface area contributed by atoms with Gasteiger partial charge in [-0.3, -0.25) is 0 Å². The summed E-state index contributed by atoms with van der Waals surface area (Å²) in [5, 5.41) is 9.34. The average Bonchev–Trinajstić information content (AvgIpc) is 2.46. The Balaban J connectivity index is 2.20. The van der Waals surface area contributed by atoms with E-state index in [2.05, 4.69) is 0 Å². The first-order valence-electron chi connectivity index (χ1n) is 7.37. The maximum atomic E-state index is 12.8. The zero-order valence-corrected chi connectivity index (χ0v) is 13.7. The second-order valence-corrected chi connectivity index (χ2v) is 7.69. The van der Waals surface area contributed by atoms with Gasteiger partial charge in [-0.1, -0.05) is 18.6 Å². The van der Waals surface area contributed by atoms with E-state index in [1.54, 1.807) is 35.6 Å². The van der Waals surface area contributed by atoms with Gasteiger partial charge in [0.25, 0.3) is 10.2 Å². The molecular formula is C15H24N2O3S. The first-order chi connectivity index (χ1) is 9.84. The largest absolute Gasteiger partial charge is 0.508 e. The highest BCUT2D eigenvalue weighted by molar-refractivity contribution is 7.86. The molecule has 1 aliphatic rings. The van der Waals surface area contributed by atoms with Gasteiger partial charge in [-0.25, -0.2) is 0 Å². The molecule has 1 N–H and O–H groups in total. The molecule has 1 heterocycles. The van der Waals surface area contributed by atoms with Crippen molar-refractivity contribution in [2.45, 2.75) is 45.2 Å². The summed E-state index contributed by atoms with van der Waals surface area (Å²) in [4.78, 5) is 0. The molecule has 118 valence electrons. The van der Waals surface area contributed by atoms with Crippen molar-refractivity contribution < 1.29 is 13.5 Å². The molecule has 0 saturated carbocycles. The molecule has 1 aromatic carbocycles. The molecule has 0 aromatic heterocycles. The Morgan fingerprint density at radius 1 is 1.29 bits per heavy atom. The van der Waals surface area contributed by atoms with Gasteiger partial charge in [-0.15, -0.1) is 0 Å². The van der Waals surface area contributed by atoms with Gasteiger partial charge in [-0.2, -0.15) is 17.0 Å². The smallest absolute Gasteiger partial charge is 0.282 e. The molecule has 0 aliphatic carbocycles. The maximum Gasteiger partial charge on any atom is 0.282 e. The molecule has 5 nitrogen and oxygen atoms in total. The Morgan fingerprint density at radius 2 is 1.90 bits per heavy atom. The minimum Gasteiger partial charge on any atom is -0.508 e. The number of benzene rings is 1. The van der Waals surface area contributed by atoms with Gasteiger partial charge in [0.1, 0.15) is 5.75 Å². The van der Waals surface area contributed by atoms with Gasteiger partial charge in [0, 0.05) is 25.7 Å². The minimum atomic E-state index is -3.46. The van der Waals surface area contributed by atoms with Crippen LogP contribution in [-0.2, 0) is 10.2 Å². The van der Waals surface area contributed by atoms with Gasteiger partial charge >= 0.3 is 0 Å². The van der Waals surface area contributed by atoms with Crippen LogP contribution >= 0.6 is 0 Å². The highest BCUT2D eigenvalue weighted by Gasteiger charge is 2.35. The van der Waals surface area contributed by atoms with Crippen molar-refractivity contribution >= 4 is 10.2 Å². The van der Waals surface area contributed by atoms with E-state index >= 15 is 0 Å². The first kappa shape index (κ1) is 16.3. The standard InChI is InChI=1S/C15H24N2O3S/c1-12-6-4-5-11-17(12)21(19,20)16(3)13(2)14-7-9-15(18)10-8-14/h7-10,12-13,18H,4-6,11H2,1-3H3. The summed E-state index contributed by atoms with van der Waals surface area (Å²) in [6, 6.07) is 6.45. The van der Waals surface area contributed by atoms with Crippen LogP contribution < -0.4 is 0 Å². The Labute approximate surface area is 127 Å². The number of piperidine rings is 1. The highest BCUT2D eigenvalue weighted by atomic mass is 32.2. The molecule has 6 heteroatoms. The summed E-state index contributed by atoms with van der Waals surface area (Å²) in [6.07, 6.45) is 2.93. The fourth-order valence-corrected chi connectivity index (χ4v) is 4.51. The fourth-order valence-electron chi connectivity index (χ4n) is 2.74. The third-order valence-electron chi connectivity index (χ3n) is 4.32. The molecule has 1 fully saturated rings. The Morgan fingerprint density at radius 3 is 2.48 bits per heavy atom. The van der Waals surface area contributed by atoms with Gasteiger partial charge in [0.15, 0.2) is 0 Å². The van der Waals surface area contributed by atoms with E-state index in [-0.39, 0.29) is 17.8 Å². The lowest BCUT2D eigenvalue weighted by atomic mass is 10.1. The van der Waals surface area contributed by atoms with Crippen molar-refractivity contribution in [3.05, 3.63) is 29.8 Å². The molecule has 0 spiro atoms. The molecule has 1 aliphatic heterocycles. The SMILES string of the molecule is CC(c1ccc(O)cc1)N(C)S(=O)(=O)N1CCCCC1C. The summed E-state index contributed by atoms with van der Waals surface area (Å²) in [5.41, 5.74) is 0.864. The van der Waals surface area contributed by atoms with Crippen LogP contribution in [0, 0.1) is 0 Å². The lowest BCUT2D eigenvalue weighted by Crippen LogP contribution is -2.49. The topological polar surface area (TPSA) is 60.9 Å². The van der Waals surface area contributed by atoms with Crippen LogP contribution in [0.3, 0.4) is 0 Å². The number of phenols is 1. The van der Waals surface area contributed by atoms with E-state index in [0.717, 1.165) is 24.8 Å². The van der Waals surface area contributed by atoms with E-state index in [4.69, 9.17) is 0 Å². The quantitative estimate of drug-likeness (QED) is 0.929. The fraction of sp³-hybridized carbons (Fsp3) is 0.600. The average molecular weight is 312 g/mol. The second kappa shape index (κ2) is 6.34. The van der Waals surface area contributed by atoms with Crippen LogP contribution in [-0.4, -0.2) is 41.8 Å². The zero-order valence-electron chi connectivity index (χ0n) is 12.9. The van der Waals surface area contributed by atoms with E-state index < -0.39 is 10.2 Å². The minimum absolute atomic E-state index is 0.0539. The van der Waals surface area contributed by atoms with Gasteiger partial charge in [0.05, 0.1) is 0 Å². The predicted molar refractivity (Wildman–Crippen MR) is 83.2 cm³/mol. The molecule has 0 amide bonds. The maximum absolute atomic E-state index is 12.8. The second-order valence-electron chi connectivity index (χ2n) is 5.75. The van der Waals surface area contributed by atoms with Crippen LogP contribution in [0.25, 0.3) is 0 Å². The summed E-state index contributed by atoms with van der Waals surface area (Å²) >= 11 is 0. The lowest BCUT2D eigenvalue weighted by Gasteiger charge is -2.37. The van der Waals surface area contributed by atoms with Gasteiger partial charge in [0.2, 0.25) is 0 Å². The Bertz CT molecular complexity index is 571. The van der Waals surface area contributed by atoms with Crippen molar-refractivity contribution in [1.82, 2.24) is 8.61 Å². The number of phenolic OH excluding ortho intramolecular Hbond substituents is 1. The number of hydrogen-bond donors (Lipinski definition) is 1. The van der Waals surface area contributed by atoms with Crippen LogP contribution in [0.5, 0.6) is 5.75 Å². The van der Waals surface area contributed by atoms with Crippen LogP contribution in [0.1, 0.15) is 44.7 Å². The van der Waals surface area contributed by atoms with E-state index in [9.17, 15) is 13.5 Å². The Kier molecular flexibility index (Phi) is 4.91. The molecule has 0 bridgehead atoms. The van der Waals surface area contributed by atoms with E-state index in [0.29, 0.717) is 6.54 Å². The molecule has 21 heavy (non-hydrogen) atoms. The number of aromatic hydroxyl groups is 1. The molecule has 1 saturated heterocycles. The van der Waals surface area contributed by atoms with Crippen molar-refractivity contribution in [3.8, 4) is 5.75 Å². The van der Waals surface area contributed by atoms with E-state index in [1.807, 2.05) is 13.8 Å². The third-order valence-corrected chi connectivity index (χ3v) is 6.50. The molecule has 2 unspecified atom stereocenters. The molecule has 1 aromatic rings. The highest BCUT2D eigenvalue weighted by Crippen LogP contribution is 2.28. The number of hydrogen-bond acceptors (Lipinski definition) is 3. The first-order valence-corrected chi connectivity index (χ1v) is 8.77. The number of rotatable bonds is 4. The number of nitrogens with zero attached hydrogens (tertiary/aromatic N) is 2. The Hall–Kier alpha value is -1.11. The third kappa shape index (κ3) is 3.39. The molecular weight excluding hydrogens is 288 g/mol. The van der Waals surface area contributed by atoms with Gasteiger partial charge in [-0.05, 0) is 44.4 Å². The lowest BCUT2D eigenvalue weighted by molar-refractivity contribution is 0.241. The zero-order chi connectivity index (χ0) is 15.6. The van der Waals surface area contributed by atoms with Crippen LogP contribution in [0.2, 0.25) is 0 Å². The summed E-state index contributed by atoms with van der Waals surface area (Å²) in [7, 11) is -1.85. The van der Waals surface area contributed by atoms with Crippen molar-refractivity contribution in [1.29, 1.82) is 0 Å². The molecule has 0 radical (unpaired) electrons. The van der Waals surface area contributed by atoms with Crippen molar-refractivity contribution in [2.24, 2.45) is 0 Å². The monoisotopic (exact) mass is 312 g/mol. The van der Waals surface area contributed by atoms with Crippen LogP contribution in [0.4, 0.5) is 0 Å². The van der Waals surface area contributed by atoms with Crippen molar-refractivity contribution in [3.63, 3.8) is 0 Å². The van der Waals surface area contributed by atoms with Gasteiger partial charge < -0.3 is 5.11 Å². The van der Waals surface area contributed by atoms with Crippen molar-refractivity contribution in [2.75, 3.05) is 13.6 Å². The normalized spacial score (nSPS) is 22.4. The molecule has 2 rings (SSSR count). The van der Waals surface area contributed by atoms with E-state index in [1.165, 1.54) is 4.31 Å². The summed E-state index contributed by atoms with van der Waals surface area (Å²) in [5.74, 6) is 0.182. The van der Waals surface area contributed by atoms with Crippen LogP contribution in [0.15, 0.2) is 24.3 Å². The summed E-state index contributed by atoms with van der Waals surface area (Å²) < 4.78 is 28.6. The summed E-state index contributed by atoms with van der Waals surface area (Å²) in [6.45, 7) is 4.42. The predicted octanol–water partition coefficient (Wildman–Crippen LogP) is 2.50.